The minimum Gasteiger partial charge on any atom is -0.458 e. The van der Waals surface area contributed by atoms with Gasteiger partial charge >= 0.3 is 5.97 Å². The Kier molecular flexibility index (Phi) is 6.09. The Morgan fingerprint density at radius 1 is 1.29 bits per heavy atom. The summed E-state index contributed by atoms with van der Waals surface area (Å²) in [5, 5.41) is 4.77. The maximum Gasteiger partial charge on any atom is 0.325 e. The van der Waals surface area contributed by atoms with Crippen molar-refractivity contribution in [2.75, 3.05) is 24.8 Å². The second-order valence-corrected chi connectivity index (χ2v) is 6.63. The predicted molar refractivity (Wildman–Crippen MR) is 101 cm³/mol. The number of fused-ring (bicyclic) bond motifs is 1. The number of esters is 1. The van der Waals surface area contributed by atoms with E-state index in [1.807, 2.05) is 6.92 Å². The Morgan fingerprint density at radius 2 is 2.07 bits per heavy atom. The second kappa shape index (κ2) is 8.70. The van der Waals surface area contributed by atoms with Crippen LogP contribution in [0.15, 0.2) is 23.6 Å². The number of hydrogen-bond donors (Lipinski definition) is 1. The van der Waals surface area contributed by atoms with Crippen molar-refractivity contribution in [3.05, 3.63) is 34.8 Å². The summed E-state index contributed by atoms with van der Waals surface area (Å²) in [6.07, 6.45) is 0. The Morgan fingerprint density at radius 3 is 2.82 bits per heavy atom. The highest BCUT2D eigenvalue weighted by molar-refractivity contribution is 7.14. The molecule has 9 nitrogen and oxygen atoms in total. The molecule has 0 fully saturated rings. The summed E-state index contributed by atoms with van der Waals surface area (Å²) < 4.78 is 15.5. The minimum absolute atomic E-state index is 0.0370. The molecule has 28 heavy (non-hydrogen) atoms. The number of carbonyl (C=O) groups is 3. The van der Waals surface area contributed by atoms with E-state index in [4.69, 9.17) is 14.2 Å². The molecule has 2 amide bonds. The summed E-state index contributed by atoms with van der Waals surface area (Å²) in [4.78, 5) is 41.4. The maximum atomic E-state index is 12.1. The molecule has 2 aromatic rings. The fraction of sp³-hybridized carbons (Fsp3) is 0.333. The number of rotatable bonds is 7. The van der Waals surface area contributed by atoms with Gasteiger partial charge in [0, 0.05) is 24.4 Å². The van der Waals surface area contributed by atoms with E-state index < -0.39 is 11.9 Å². The SMILES string of the molecule is CCN(C(C)=O)c1nc(COC(=O)CNC(=O)c2ccc3c(c2)OCO3)cs1. The van der Waals surface area contributed by atoms with Crippen LogP contribution in [-0.2, 0) is 20.9 Å². The zero-order chi connectivity index (χ0) is 20.1. The lowest BCUT2D eigenvalue weighted by Crippen LogP contribution is -2.30. The summed E-state index contributed by atoms with van der Waals surface area (Å²) >= 11 is 1.30. The number of nitrogens with one attached hydrogen (secondary N) is 1. The van der Waals surface area contributed by atoms with Crippen LogP contribution in [0.5, 0.6) is 11.5 Å². The van der Waals surface area contributed by atoms with Gasteiger partial charge in [0.15, 0.2) is 16.6 Å². The topological polar surface area (TPSA) is 107 Å². The number of amides is 2. The molecule has 1 aliphatic rings. The molecule has 2 heterocycles. The Balaban J connectivity index is 1.46. The van der Waals surface area contributed by atoms with Crippen LogP contribution >= 0.6 is 11.3 Å². The minimum atomic E-state index is -0.595. The van der Waals surface area contributed by atoms with Crippen molar-refractivity contribution in [1.82, 2.24) is 10.3 Å². The number of benzene rings is 1. The van der Waals surface area contributed by atoms with Crippen molar-refractivity contribution in [1.29, 1.82) is 0 Å². The first kappa shape index (κ1) is 19.6. The monoisotopic (exact) mass is 405 g/mol. The summed E-state index contributed by atoms with van der Waals surface area (Å²) in [6, 6.07) is 4.77. The van der Waals surface area contributed by atoms with E-state index in [0.717, 1.165) is 0 Å². The van der Waals surface area contributed by atoms with E-state index in [-0.39, 0.29) is 25.9 Å². The molecule has 0 saturated carbocycles. The highest BCUT2D eigenvalue weighted by atomic mass is 32.1. The van der Waals surface area contributed by atoms with Crippen molar-refractivity contribution >= 4 is 34.3 Å². The number of hydrogen-bond acceptors (Lipinski definition) is 8. The third-order valence-corrected chi connectivity index (χ3v) is 4.79. The van der Waals surface area contributed by atoms with E-state index in [1.54, 1.807) is 23.6 Å². The first-order valence-electron chi connectivity index (χ1n) is 8.54. The molecular formula is C18H19N3O6S. The number of aromatic nitrogens is 1. The molecule has 0 radical (unpaired) electrons. The van der Waals surface area contributed by atoms with Gasteiger partial charge in [-0.25, -0.2) is 4.98 Å². The average Bonchev–Trinajstić information content (AvgIpc) is 3.33. The van der Waals surface area contributed by atoms with Gasteiger partial charge in [-0.2, -0.15) is 0 Å². The zero-order valence-electron chi connectivity index (χ0n) is 15.4. The van der Waals surface area contributed by atoms with Crippen LogP contribution in [0, 0.1) is 0 Å². The Hall–Kier alpha value is -3.14. The summed E-state index contributed by atoms with van der Waals surface area (Å²) in [5.74, 6) is -0.0633. The van der Waals surface area contributed by atoms with E-state index in [0.29, 0.717) is 34.4 Å². The third-order valence-electron chi connectivity index (χ3n) is 3.88. The largest absolute Gasteiger partial charge is 0.458 e. The third kappa shape index (κ3) is 4.58. The molecule has 1 aromatic carbocycles. The van der Waals surface area contributed by atoms with Crippen molar-refractivity contribution in [2.45, 2.75) is 20.5 Å². The molecule has 0 spiro atoms. The molecule has 148 valence electrons. The Bertz CT molecular complexity index is 897. The number of anilines is 1. The van der Waals surface area contributed by atoms with Gasteiger partial charge in [0.1, 0.15) is 13.2 Å². The van der Waals surface area contributed by atoms with Crippen molar-refractivity contribution < 1.29 is 28.6 Å². The van der Waals surface area contributed by atoms with Gasteiger partial charge in [-0.3, -0.25) is 19.3 Å². The van der Waals surface area contributed by atoms with Crippen LogP contribution in [0.4, 0.5) is 5.13 Å². The van der Waals surface area contributed by atoms with Crippen LogP contribution in [0.1, 0.15) is 29.9 Å². The van der Waals surface area contributed by atoms with E-state index in [9.17, 15) is 14.4 Å². The van der Waals surface area contributed by atoms with Crippen molar-refractivity contribution in [3.63, 3.8) is 0 Å². The molecule has 0 bridgehead atoms. The van der Waals surface area contributed by atoms with Crippen LogP contribution in [-0.4, -0.2) is 42.7 Å². The molecule has 0 saturated heterocycles. The molecule has 1 N–H and O–H groups in total. The highest BCUT2D eigenvalue weighted by Crippen LogP contribution is 2.32. The summed E-state index contributed by atoms with van der Waals surface area (Å²) in [6.45, 7) is 3.63. The number of carbonyl (C=O) groups excluding carboxylic acids is 3. The molecule has 10 heteroatoms. The second-order valence-electron chi connectivity index (χ2n) is 5.80. The Labute approximate surface area is 165 Å². The smallest absolute Gasteiger partial charge is 0.325 e. The summed E-state index contributed by atoms with van der Waals surface area (Å²) in [7, 11) is 0. The normalized spacial score (nSPS) is 11.8. The maximum absolute atomic E-state index is 12.1. The van der Waals surface area contributed by atoms with Gasteiger partial charge in [-0.15, -0.1) is 11.3 Å². The van der Waals surface area contributed by atoms with Crippen LogP contribution in [0.25, 0.3) is 0 Å². The van der Waals surface area contributed by atoms with Crippen LogP contribution in [0.2, 0.25) is 0 Å². The van der Waals surface area contributed by atoms with Gasteiger partial charge in [-0.1, -0.05) is 0 Å². The lowest BCUT2D eigenvalue weighted by molar-refractivity contribution is -0.143. The lowest BCUT2D eigenvalue weighted by atomic mass is 10.2. The first-order valence-corrected chi connectivity index (χ1v) is 9.42. The molecule has 0 atom stereocenters. The van der Waals surface area contributed by atoms with Crippen molar-refractivity contribution in [2.24, 2.45) is 0 Å². The van der Waals surface area contributed by atoms with E-state index in [2.05, 4.69) is 10.3 Å². The average molecular weight is 405 g/mol. The van der Waals surface area contributed by atoms with Crippen LogP contribution in [0.3, 0.4) is 0 Å². The highest BCUT2D eigenvalue weighted by Gasteiger charge is 2.17. The molecule has 1 aliphatic heterocycles. The van der Waals surface area contributed by atoms with Gasteiger partial charge < -0.3 is 19.5 Å². The predicted octanol–water partition coefficient (Wildman–Crippen LogP) is 1.72. The first-order chi connectivity index (χ1) is 13.5. The van der Waals surface area contributed by atoms with Crippen LogP contribution < -0.4 is 19.7 Å². The number of ether oxygens (including phenoxy) is 3. The fourth-order valence-corrected chi connectivity index (χ4v) is 3.39. The quantitative estimate of drug-likeness (QED) is 0.699. The van der Waals surface area contributed by atoms with Crippen molar-refractivity contribution in [3.8, 4) is 11.5 Å². The van der Waals surface area contributed by atoms with Gasteiger partial charge in [0.2, 0.25) is 12.7 Å². The molecular weight excluding hydrogens is 386 g/mol. The lowest BCUT2D eigenvalue weighted by Gasteiger charge is -2.14. The standard InChI is InChI=1S/C18H19N3O6S/c1-3-21(11(2)22)18-20-13(9-28-18)8-25-16(23)7-19-17(24)12-4-5-14-15(6-12)27-10-26-14/h4-6,9H,3,7-8,10H2,1-2H3,(H,19,24). The molecule has 0 unspecified atom stereocenters. The number of thiazole rings is 1. The van der Waals surface area contributed by atoms with E-state index in [1.165, 1.54) is 23.2 Å². The fourth-order valence-electron chi connectivity index (χ4n) is 2.48. The van der Waals surface area contributed by atoms with Gasteiger partial charge in [0.25, 0.3) is 5.91 Å². The number of nitrogens with zero attached hydrogens (tertiary/aromatic N) is 2. The zero-order valence-corrected chi connectivity index (χ0v) is 16.2. The molecule has 3 rings (SSSR count). The summed E-state index contributed by atoms with van der Waals surface area (Å²) in [5.41, 5.74) is 0.889. The van der Waals surface area contributed by atoms with Gasteiger partial charge in [-0.05, 0) is 25.1 Å². The van der Waals surface area contributed by atoms with E-state index >= 15 is 0 Å². The molecule has 1 aromatic heterocycles. The van der Waals surface area contributed by atoms with Gasteiger partial charge in [0.05, 0.1) is 5.69 Å². The molecule has 0 aliphatic carbocycles.